The van der Waals surface area contributed by atoms with E-state index in [0.717, 1.165) is 6.07 Å². The van der Waals surface area contributed by atoms with Crippen molar-refractivity contribution in [3.05, 3.63) is 87.6 Å². The van der Waals surface area contributed by atoms with E-state index in [2.05, 4.69) is 6.58 Å². The Bertz CT molecular complexity index is 1140. The summed E-state index contributed by atoms with van der Waals surface area (Å²) in [7, 11) is -3.90. The Kier molecular flexibility index (Phi) is 5.74. The molecule has 0 spiro atoms. The van der Waals surface area contributed by atoms with Gasteiger partial charge in [0.05, 0.1) is 9.92 Å². The topological polar surface area (TPSA) is 76.4 Å². The number of nitrogens with zero attached hydrogens (tertiary/aromatic N) is 1. The van der Waals surface area contributed by atoms with E-state index in [9.17, 15) is 22.7 Å². The Balaban J connectivity index is 2.03. The standard InChI is InChI=1S/C19H15ClFNO4S2/c1-2-18(17-4-3-7-27-17)28(25,26)13-9-16(19(23)24)22(11-13)10-12-5-6-14(20)15(21)8-12/h2-9,11,18H,1,10H2,(H,23,24). The molecule has 0 saturated heterocycles. The molecule has 5 nitrogen and oxygen atoms in total. The summed E-state index contributed by atoms with van der Waals surface area (Å²) in [5.74, 6) is -1.93. The average molecular weight is 440 g/mol. The lowest BCUT2D eigenvalue weighted by Crippen LogP contribution is -2.10. The number of thiophene rings is 1. The van der Waals surface area contributed by atoms with Crippen molar-refractivity contribution >= 4 is 38.7 Å². The first-order valence-electron chi connectivity index (χ1n) is 8.01. The van der Waals surface area contributed by atoms with Gasteiger partial charge < -0.3 is 9.67 Å². The second-order valence-electron chi connectivity index (χ2n) is 5.96. The summed E-state index contributed by atoms with van der Waals surface area (Å²) in [6.45, 7) is 3.58. The van der Waals surface area contributed by atoms with Crippen LogP contribution < -0.4 is 0 Å². The Morgan fingerprint density at radius 3 is 2.68 bits per heavy atom. The molecule has 1 unspecified atom stereocenters. The molecule has 146 valence electrons. The molecular formula is C19H15ClFNO4S2. The number of carbonyl (C=O) groups is 1. The third-order valence-electron chi connectivity index (χ3n) is 4.13. The fourth-order valence-corrected chi connectivity index (χ4v) is 5.63. The van der Waals surface area contributed by atoms with Crippen LogP contribution >= 0.6 is 22.9 Å². The van der Waals surface area contributed by atoms with Gasteiger partial charge in [0, 0.05) is 17.6 Å². The predicted molar refractivity (Wildman–Crippen MR) is 106 cm³/mol. The van der Waals surface area contributed by atoms with Gasteiger partial charge in [-0.3, -0.25) is 0 Å². The molecule has 0 aliphatic heterocycles. The molecule has 0 fully saturated rings. The van der Waals surface area contributed by atoms with E-state index in [-0.39, 0.29) is 22.2 Å². The number of halogens is 2. The molecule has 1 N–H and O–H groups in total. The normalized spacial score (nSPS) is 12.6. The fraction of sp³-hybridized carbons (Fsp3) is 0.105. The molecule has 0 aliphatic carbocycles. The van der Waals surface area contributed by atoms with Gasteiger partial charge in [0.15, 0.2) is 9.84 Å². The van der Waals surface area contributed by atoms with Crippen molar-refractivity contribution < 1.29 is 22.7 Å². The minimum Gasteiger partial charge on any atom is -0.477 e. The highest BCUT2D eigenvalue weighted by atomic mass is 35.5. The van der Waals surface area contributed by atoms with Crippen molar-refractivity contribution in [1.82, 2.24) is 4.57 Å². The summed E-state index contributed by atoms with van der Waals surface area (Å²) in [6.07, 6.45) is 2.56. The van der Waals surface area contributed by atoms with Gasteiger partial charge in [-0.15, -0.1) is 17.9 Å². The lowest BCUT2D eigenvalue weighted by molar-refractivity contribution is 0.0685. The lowest BCUT2D eigenvalue weighted by atomic mass is 10.2. The number of sulfone groups is 1. The Morgan fingerprint density at radius 1 is 1.36 bits per heavy atom. The van der Waals surface area contributed by atoms with E-state index >= 15 is 0 Å². The number of rotatable bonds is 7. The number of hydrogen-bond acceptors (Lipinski definition) is 4. The largest absolute Gasteiger partial charge is 0.477 e. The third-order valence-corrected chi connectivity index (χ3v) is 7.53. The molecule has 2 aromatic heterocycles. The zero-order chi connectivity index (χ0) is 20.5. The molecular weight excluding hydrogens is 425 g/mol. The van der Waals surface area contributed by atoms with Gasteiger partial charge in [-0.25, -0.2) is 17.6 Å². The molecule has 2 heterocycles. The van der Waals surface area contributed by atoms with Crippen LogP contribution in [0.5, 0.6) is 0 Å². The van der Waals surface area contributed by atoms with Gasteiger partial charge >= 0.3 is 5.97 Å². The monoisotopic (exact) mass is 439 g/mol. The maximum Gasteiger partial charge on any atom is 0.352 e. The van der Waals surface area contributed by atoms with Crippen LogP contribution in [0.1, 0.15) is 26.2 Å². The number of carboxylic acids is 1. The zero-order valence-electron chi connectivity index (χ0n) is 14.4. The molecule has 0 saturated carbocycles. The van der Waals surface area contributed by atoms with Crippen LogP contribution in [0.15, 0.2) is 65.5 Å². The van der Waals surface area contributed by atoms with Crippen molar-refractivity contribution in [2.45, 2.75) is 16.7 Å². The van der Waals surface area contributed by atoms with E-state index in [0.29, 0.717) is 10.4 Å². The van der Waals surface area contributed by atoms with Crippen LogP contribution in [0, 0.1) is 5.82 Å². The first-order valence-corrected chi connectivity index (χ1v) is 10.8. The summed E-state index contributed by atoms with van der Waals surface area (Å²) in [4.78, 5) is 12.1. The minimum atomic E-state index is -3.90. The Labute approximate surface area is 170 Å². The molecule has 28 heavy (non-hydrogen) atoms. The van der Waals surface area contributed by atoms with Crippen LogP contribution in [0.3, 0.4) is 0 Å². The van der Waals surface area contributed by atoms with Crippen molar-refractivity contribution in [2.75, 3.05) is 0 Å². The van der Waals surface area contributed by atoms with Crippen molar-refractivity contribution in [3.63, 3.8) is 0 Å². The number of hydrogen-bond donors (Lipinski definition) is 1. The second kappa shape index (κ2) is 7.90. The molecule has 3 aromatic rings. The number of aromatic carboxylic acids is 1. The van der Waals surface area contributed by atoms with Gasteiger partial charge in [0.1, 0.15) is 16.8 Å². The number of carboxylic acid groups (broad SMARTS) is 1. The maximum atomic E-state index is 13.7. The molecule has 0 bridgehead atoms. The van der Waals surface area contributed by atoms with Crippen LogP contribution in [0.25, 0.3) is 0 Å². The molecule has 1 atom stereocenters. The van der Waals surface area contributed by atoms with Gasteiger partial charge in [-0.1, -0.05) is 29.8 Å². The highest BCUT2D eigenvalue weighted by Crippen LogP contribution is 2.33. The molecule has 1 aromatic carbocycles. The van der Waals surface area contributed by atoms with E-state index in [4.69, 9.17) is 11.6 Å². The SMILES string of the molecule is C=CC(c1cccs1)S(=O)(=O)c1cc(C(=O)O)n(Cc2ccc(Cl)c(F)c2)c1. The first kappa shape index (κ1) is 20.3. The van der Waals surface area contributed by atoms with Crippen molar-refractivity contribution in [1.29, 1.82) is 0 Å². The smallest absolute Gasteiger partial charge is 0.352 e. The van der Waals surface area contributed by atoms with E-state index < -0.39 is 26.9 Å². The van der Waals surface area contributed by atoms with Crippen molar-refractivity contribution in [3.8, 4) is 0 Å². The average Bonchev–Trinajstić information content (AvgIpc) is 3.29. The Hall–Kier alpha value is -2.42. The quantitative estimate of drug-likeness (QED) is 0.537. The van der Waals surface area contributed by atoms with Crippen LogP contribution in [0.2, 0.25) is 5.02 Å². The predicted octanol–water partition coefficient (Wildman–Crippen LogP) is 4.79. The van der Waals surface area contributed by atoms with E-state index in [1.807, 2.05) is 0 Å². The summed E-state index contributed by atoms with van der Waals surface area (Å²) >= 11 is 6.94. The number of benzene rings is 1. The molecule has 0 aliphatic rings. The van der Waals surface area contributed by atoms with E-state index in [1.54, 1.807) is 23.6 Å². The van der Waals surface area contributed by atoms with Crippen LogP contribution in [0.4, 0.5) is 4.39 Å². The maximum absolute atomic E-state index is 13.7. The first-order chi connectivity index (χ1) is 13.2. The second-order valence-corrected chi connectivity index (χ2v) is 9.42. The zero-order valence-corrected chi connectivity index (χ0v) is 16.8. The number of aromatic nitrogens is 1. The van der Waals surface area contributed by atoms with Gasteiger partial charge in [-0.2, -0.15) is 0 Å². The van der Waals surface area contributed by atoms with Crippen LogP contribution in [-0.4, -0.2) is 24.1 Å². The van der Waals surface area contributed by atoms with E-state index in [1.165, 1.54) is 40.3 Å². The van der Waals surface area contributed by atoms with Gasteiger partial charge in [0.2, 0.25) is 0 Å². The van der Waals surface area contributed by atoms with Crippen molar-refractivity contribution in [2.24, 2.45) is 0 Å². The lowest BCUT2D eigenvalue weighted by Gasteiger charge is -2.11. The van der Waals surface area contributed by atoms with Gasteiger partial charge in [-0.05, 0) is 35.2 Å². The minimum absolute atomic E-state index is 0.0248. The van der Waals surface area contributed by atoms with Crippen LogP contribution in [-0.2, 0) is 16.4 Å². The highest BCUT2D eigenvalue weighted by molar-refractivity contribution is 7.92. The summed E-state index contributed by atoms with van der Waals surface area (Å²) in [5, 5.41) is 10.2. The molecule has 9 heteroatoms. The summed E-state index contributed by atoms with van der Waals surface area (Å²) in [5.41, 5.74) is 0.227. The molecule has 3 rings (SSSR count). The summed E-state index contributed by atoms with van der Waals surface area (Å²) in [6, 6.07) is 8.60. The Morgan fingerprint density at radius 2 is 2.11 bits per heavy atom. The fourth-order valence-electron chi connectivity index (χ4n) is 2.78. The summed E-state index contributed by atoms with van der Waals surface area (Å²) < 4.78 is 41.0. The van der Waals surface area contributed by atoms with Gasteiger partial charge in [0.25, 0.3) is 0 Å². The third kappa shape index (κ3) is 3.89. The highest BCUT2D eigenvalue weighted by Gasteiger charge is 2.30. The molecule has 0 radical (unpaired) electrons. The molecule has 0 amide bonds.